The Balaban J connectivity index is 1.21. The predicted octanol–water partition coefficient (Wildman–Crippen LogP) is 5.16. The predicted molar refractivity (Wildman–Crippen MR) is 165 cm³/mol. The summed E-state index contributed by atoms with van der Waals surface area (Å²) in [5.41, 5.74) is 6.27. The molecule has 4 fully saturated rings. The summed E-state index contributed by atoms with van der Waals surface area (Å²) >= 11 is 0. The van der Waals surface area contributed by atoms with E-state index in [4.69, 9.17) is 37.9 Å². The molecule has 0 amide bonds. The highest BCUT2D eigenvalue weighted by atomic mass is 16.6. The molecule has 0 bridgehead atoms. The molecule has 4 aliphatic heterocycles. The second-order valence-electron chi connectivity index (χ2n) is 12.2. The van der Waals surface area contributed by atoms with E-state index in [0.29, 0.717) is 62.6 Å². The van der Waals surface area contributed by atoms with E-state index in [1.165, 1.54) is 22.3 Å². The van der Waals surface area contributed by atoms with E-state index in [0.717, 1.165) is 24.3 Å². The summed E-state index contributed by atoms with van der Waals surface area (Å²) < 4.78 is 46.9. The van der Waals surface area contributed by atoms with Crippen LogP contribution in [0.3, 0.4) is 0 Å². The molecule has 8 nitrogen and oxygen atoms in total. The van der Waals surface area contributed by atoms with Gasteiger partial charge in [0.05, 0.1) is 31.8 Å². The molecule has 8 heteroatoms. The summed E-state index contributed by atoms with van der Waals surface area (Å²) in [6.45, 7) is 4.81. The van der Waals surface area contributed by atoms with Crippen LogP contribution in [0.4, 0.5) is 0 Å². The highest BCUT2D eigenvalue weighted by Crippen LogP contribution is 2.57. The summed E-state index contributed by atoms with van der Waals surface area (Å²) in [5.74, 6) is 2.78. The van der Waals surface area contributed by atoms with Crippen molar-refractivity contribution < 1.29 is 37.9 Å². The molecule has 45 heavy (non-hydrogen) atoms. The number of ether oxygens (including phenoxy) is 8. The van der Waals surface area contributed by atoms with Gasteiger partial charge in [-0.15, -0.1) is 0 Å². The lowest BCUT2D eigenvalue weighted by atomic mass is 9.67. The zero-order chi connectivity index (χ0) is 29.8. The fraction of sp³-hybridized carbons (Fsp3) is 0.351. The standard InChI is InChI=1S/C37H34O8/c1-3-7-31-29(5-1)30-6-2-4-8-32(30)37(31,23-9-11-33(42-19-25-15-38-25)35(13-23)44-21-27-17-40-27)24-10-12-34(43-20-26-16-39-26)36(14-24)45-22-28-18-41-28/h1-14,25-28H,15-22H2/t25-,26?,27?,28?/m0/s1. The van der Waals surface area contributed by atoms with Crippen LogP contribution in [0.1, 0.15) is 22.3 Å². The molecular formula is C37H34O8. The Morgan fingerprint density at radius 3 is 1.20 bits per heavy atom. The van der Waals surface area contributed by atoms with Gasteiger partial charge < -0.3 is 37.9 Å². The molecule has 230 valence electrons. The van der Waals surface area contributed by atoms with Crippen molar-refractivity contribution in [1.82, 2.24) is 0 Å². The van der Waals surface area contributed by atoms with Crippen LogP contribution >= 0.6 is 0 Å². The van der Waals surface area contributed by atoms with Gasteiger partial charge in [0.25, 0.3) is 0 Å². The van der Waals surface area contributed by atoms with Gasteiger partial charge in [0, 0.05) is 0 Å². The first-order valence-electron chi connectivity index (χ1n) is 15.7. The van der Waals surface area contributed by atoms with Gasteiger partial charge in [-0.1, -0.05) is 60.7 Å². The zero-order valence-corrected chi connectivity index (χ0v) is 24.8. The van der Waals surface area contributed by atoms with Crippen LogP contribution in [-0.4, -0.2) is 77.3 Å². The van der Waals surface area contributed by atoms with E-state index in [1.807, 2.05) is 12.1 Å². The molecule has 1 aliphatic carbocycles. The van der Waals surface area contributed by atoms with Crippen molar-refractivity contribution in [2.75, 3.05) is 52.9 Å². The molecule has 4 saturated heterocycles. The summed E-state index contributed by atoms with van der Waals surface area (Å²) in [6, 6.07) is 30.0. The number of rotatable bonds is 14. The Hall–Kier alpha value is -4.08. The normalized spacial score (nSPS) is 24.3. The number of epoxide rings is 4. The Morgan fingerprint density at radius 2 is 0.822 bits per heavy atom. The first kappa shape index (κ1) is 27.2. The minimum atomic E-state index is -0.661. The van der Waals surface area contributed by atoms with Crippen molar-refractivity contribution in [2.24, 2.45) is 0 Å². The molecule has 0 N–H and O–H groups in total. The molecule has 4 aromatic carbocycles. The third kappa shape index (κ3) is 5.32. The quantitative estimate of drug-likeness (QED) is 0.160. The van der Waals surface area contributed by atoms with Crippen molar-refractivity contribution in [3.63, 3.8) is 0 Å². The van der Waals surface area contributed by atoms with E-state index in [2.05, 4.69) is 72.8 Å². The SMILES string of the molecule is c1ccc2c(c1)-c1ccccc1C2(c1ccc(OCC2CO2)c(OCC2CO2)c1)c1ccc(OC[C@@H]2CO2)c(OCC2CO2)c1. The Labute approximate surface area is 261 Å². The minimum absolute atomic E-state index is 0.110. The van der Waals surface area contributed by atoms with Gasteiger partial charge in [-0.2, -0.15) is 0 Å². The van der Waals surface area contributed by atoms with Gasteiger partial charge in [0.1, 0.15) is 50.8 Å². The minimum Gasteiger partial charge on any atom is -0.487 e. The average molecular weight is 607 g/mol. The lowest BCUT2D eigenvalue weighted by Crippen LogP contribution is -2.29. The van der Waals surface area contributed by atoms with Crippen LogP contribution < -0.4 is 18.9 Å². The fourth-order valence-corrected chi connectivity index (χ4v) is 6.36. The fourth-order valence-electron chi connectivity index (χ4n) is 6.36. The maximum absolute atomic E-state index is 6.38. The highest BCUT2D eigenvalue weighted by molar-refractivity contribution is 5.86. The summed E-state index contributed by atoms with van der Waals surface area (Å²) in [5, 5.41) is 0. The molecule has 9 rings (SSSR count). The molecule has 0 radical (unpaired) electrons. The average Bonchev–Trinajstić information content (AvgIpc) is 3.88. The zero-order valence-electron chi connectivity index (χ0n) is 24.8. The molecular weight excluding hydrogens is 572 g/mol. The summed E-state index contributed by atoms with van der Waals surface area (Å²) in [4.78, 5) is 0. The van der Waals surface area contributed by atoms with Crippen LogP contribution in [0.15, 0.2) is 84.9 Å². The Kier molecular flexibility index (Phi) is 6.70. The maximum Gasteiger partial charge on any atom is 0.161 e. The van der Waals surface area contributed by atoms with Crippen LogP contribution in [0.25, 0.3) is 11.1 Å². The van der Waals surface area contributed by atoms with Crippen LogP contribution in [0.2, 0.25) is 0 Å². The molecule has 4 atom stereocenters. The van der Waals surface area contributed by atoms with E-state index >= 15 is 0 Å². The van der Waals surface area contributed by atoms with Gasteiger partial charge in [-0.3, -0.25) is 0 Å². The van der Waals surface area contributed by atoms with E-state index < -0.39 is 5.41 Å². The van der Waals surface area contributed by atoms with Gasteiger partial charge in [0.15, 0.2) is 23.0 Å². The largest absolute Gasteiger partial charge is 0.487 e. The Bertz CT molecular complexity index is 1590. The molecule has 5 aliphatic rings. The van der Waals surface area contributed by atoms with Crippen molar-refractivity contribution in [1.29, 1.82) is 0 Å². The number of fused-ring (bicyclic) bond motifs is 3. The highest BCUT2D eigenvalue weighted by Gasteiger charge is 2.47. The van der Waals surface area contributed by atoms with Crippen molar-refractivity contribution >= 4 is 0 Å². The third-order valence-corrected chi connectivity index (χ3v) is 9.01. The topological polar surface area (TPSA) is 87.0 Å². The van der Waals surface area contributed by atoms with Crippen molar-refractivity contribution in [3.05, 3.63) is 107 Å². The lowest BCUT2D eigenvalue weighted by Gasteiger charge is -2.34. The number of hydrogen-bond acceptors (Lipinski definition) is 8. The molecule has 4 aromatic rings. The second kappa shape index (κ2) is 11.1. The van der Waals surface area contributed by atoms with Crippen LogP contribution in [-0.2, 0) is 24.4 Å². The molecule has 3 unspecified atom stereocenters. The van der Waals surface area contributed by atoms with E-state index in [1.54, 1.807) is 0 Å². The second-order valence-corrected chi connectivity index (χ2v) is 12.2. The van der Waals surface area contributed by atoms with Crippen LogP contribution in [0, 0.1) is 0 Å². The third-order valence-electron chi connectivity index (χ3n) is 9.01. The molecule has 0 spiro atoms. The monoisotopic (exact) mass is 606 g/mol. The summed E-state index contributed by atoms with van der Waals surface area (Å²) in [6.07, 6.45) is 0.490. The van der Waals surface area contributed by atoms with Crippen LogP contribution in [0.5, 0.6) is 23.0 Å². The Morgan fingerprint density at radius 1 is 0.467 bits per heavy atom. The van der Waals surface area contributed by atoms with E-state index in [9.17, 15) is 0 Å². The maximum atomic E-state index is 6.38. The molecule has 0 saturated carbocycles. The first-order valence-corrected chi connectivity index (χ1v) is 15.7. The van der Waals surface area contributed by atoms with E-state index in [-0.39, 0.29) is 24.4 Å². The summed E-state index contributed by atoms with van der Waals surface area (Å²) in [7, 11) is 0. The van der Waals surface area contributed by atoms with Gasteiger partial charge in [-0.05, 0) is 57.6 Å². The van der Waals surface area contributed by atoms with Gasteiger partial charge in [-0.25, -0.2) is 0 Å². The van der Waals surface area contributed by atoms with Gasteiger partial charge in [0.2, 0.25) is 0 Å². The van der Waals surface area contributed by atoms with Gasteiger partial charge >= 0.3 is 0 Å². The van der Waals surface area contributed by atoms with Crippen molar-refractivity contribution in [2.45, 2.75) is 29.8 Å². The smallest absolute Gasteiger partial charge is 0.161 e. The number of hydrogen-bond donors (Lipinski definition) is 0. The number of benzene rings is 4. The lowest BCUT2D eigenvalue weighted by molar-refractivity contribution is 0.227. The first-order chi connectivity index (χ1) is 22.3. The molecule has 0 aromatic heterocycles. The van der Waals surface area contributed by atoms with Crippen molar-refractivity contribution in [3.8, 4) is 34.1 Å². The molecule has 4 heterocycles.